The van der Waals surface area contributed by atoms with Crippen LogP contribution in [0.1, 0.15) is 50.2 Å². The molecule has 2 aromatic carbocycles. The number of nitrogens with one attached hydrogen (secondary N) is 8. The summed E-state index contributed by atoms with van der Waals surface area (Å²) in [5.41, 5.74) is 2.89. The summed E-state index contributed by atoms with van der Waals surface area (Å²) >= 11 is 2.76. The first-order valence-corrected chi connectivity index (χ1v) is 22.9. The molecule has 0 unspecified atom stereocenters. The van der Waals surface area contributed by atoms with Gasteiger partial charge in [0.15, 0.2) is 0 Å². The van der Waals surface area contributed by atoms with Crippen molar-refractivity contribution < 1.29 is 28.8 Å². The van der Waals surface area contributed by atoms with Gasteiger partial charge in [-0.1, -0.05) is 72.8 Å². The molecule has 0 saturated carbocycles. The lowest BCUT2D eigenvalue weighted by atomic mass is 10.0. The van der Waals surface area contributed by atoms with Gasteiger partial charge in [0, 0.05) is 59.5 Å². The number of hydrogen-bond donors (Lipinski definition) is 8. The van der Waals surface area contributed by atoms with Gasteiger partial charge in [0.2, 0.25) is 35.4 Å². The fourth-order valence-electron chi connectivity index (χ4n) is 7.41. The summed E-state index contributed by atoms with van der Waals surface area (Å²) in [4.78, 5) is 89.8. The summed E-state index contributed by atoms with van der Waals surface area (Å²) in [6, 6.07) is 25.9. The van der Waals surface area contributed by atoms with Crippen LogP contribution in [0.3, 0.4) is 0 Å². The van der Waals surface area contributed by atoms with Crippen LogP contribution in [-0.2, 0) is 54.7 Å². The van der Waals surface area contributed by atoms with Crippen LogP contribution in [0.25, 0.3) is 0 Å². The van der Waals surface area contributed by atoms with Crippen LogP contribution in [0.5, 0.6) is 0 Å². The minimum Gasteiger partial charge on any atom is -0.353 e. The van der Waals surface area contributed by atoms with Crippen LogP contribution in [0, 0.1) is 0 Å². The maximum absolute atomic E-state index is 13.7. The van der Waals surface area contributed by atoms with E-state index in [-0.39, 0.29) is 62.6 Å². The first-order valence-electron chi connectivity index (χ1n) is 21.1. The smallest absolute Gasteiger partial charge is 0.245 e. The van der Waals surface area contributed by atoms with Gasteiger partial charge in [-0.15, -0.1) is 23.5 Å². The molecule has 6 atom stereocenters. The Bertz CT molecular complexity index is 2070. The molecule has 4 heterocycles. The van der Waals surface area contributed by atoms with Gasteiger partial charge in [-0.05, 0) is 63.1 Å². The summed E-state index contributed by atoms with van der Waals surface area (Å²) in [6.07, 6.45) is 3.14. The Kier molecular flexibility index (Phi) is 16.5. The molecule has 2 aromatic heterocycles. The van der Waals surface area contributed by atoms with Crippen molar-refractivity contribution in [2.75, 3.05) is 13.1 Å². The maximum atomic E-state index is 13.7. The van der Waals surface area contributed by atoms with E-state index in [4.69, 9.17) is 0 Å². The van der Waals surface area contributed by atoms with Crippen molar-refractivity contribution in [1.29, 1.82) is 0 Å². The lowest BCUT2D eigenvalue weighted by Crippen LogP contribution is -2.59. The van der Waals surface area contributed by atoms with Gasteiger partial charge in [-0.3, -0.25) is 49.4 Å². The SMILES string of the molecule is CC1(C)S[C@H]([C@H](NC(=O)Cc2ccccn2)C(=O)NCc2ccccc2)N[C@H]1C(=O)NCCNC(=O)[C@@H]1N[C@@H]([C@H](NC(=O)Cc2ccccn2)C(=O)NCc2ccccc2)SC1(C)C. The van der Waals surface area contributed by atoms with Crippen molar-refractivity contribution in [3.8, 4) is 0 Å². The van der Waals surface area contributed by atoms with E-state index in [1.165, 1.54) is 23.5 Å². The average molecular weight is 909 g/mol. The molecule has 0 aliphatic carbocycles. The summed E-state index contributed by atoms with van der Waals surface area (Å²) in [5.74, 6) is -2.26. The van der Waals surface area contributed by atoms with Crippen LogP contribution >= 0.6 is 23.5 Å². The van der Waals surface area contributed by atoms with Crippen molar-refractivity contribution in [1.82, 2.24) is 52.5 Å². The Balaban J connectivity index is 1.04. The van der Waals surface area contributed by atoms with Gasteiger partial charge in [0.25, 0.3) is 0 Å². The molecule has 18 heteroatoms. The second-order valence-electron chi connectivity index (χ2n) is 16.6. The number of aromatic nitrogens is 2. The van der Waals surface area contributed by atoms with Gasteiger partial charge in [0.1, 0.15) is 24.2 Å². The predicted octanol–water partition coefficient (Wildman–Crippen LogP) is 1.72. The first kappa shape index (κ1) is 47.7. The van der Waals surface area contributed by atoms with Crippen LogP contribution < -0.4 is 42.5 Å². The number of pyridine rings is 2. The number of nitrogens with zero attached hydrogens (tertiary/aromatic N) is 2. The zero-order valence-corrected chi connectivity index (χ0v) is 37.9. The van der Waals surface area contributed by atoms with Crippen LogP contribution in [-0.4, -0.2) is 103 Å². The third kappa shape index (κ3) is 13.4. The second kappa shape index (κ2) is 22.2. The molecule has 64 heavy (non-hydrogen) atoms. The molecule has 0 radical (unpaired) electrons. The number of amides is 6. The third-order valence-corrected chi connectivity index (χ3v) is 13.7. The van der Waals surface area contributed by atoms with Crippen LogP contribution in [0.4, 0.5) is 0 Å². The first-order chi connectivity index (χ1) is 30.7. The van der Waals surface area contributed by atoms with Crippen molar-refractivity contribution in [2.24, 2.45) is 0 Å². The highest BCUT2D eigenvalue weighted by atomic mass is 32.2. The largest absolute Gasteiger partial charge is 0.353 e. The van der Waals surface area contributed by atoms with Crippen molar-refractivity contribution in [3.63, 3.8) is 0 Å². The van der Waals surface area contributed by atoms with E-state index in [1.807, 2.05) is 88.4 Å². The molecule has 4 aromatic rings. The topological polar surface area (TPSA) is 224 Å². The molecule has 8 N–H and O–H groups in total. The average Bonchev–Trinajstić information content (AvgIpc) is 3.79. The number of carbonyl (C=O) groups is 6. The van der Waals surface area contributed by atoms with E-state index in [0.29, 0.717) is 11.4 Å². The molecule has 2 aliphatic rings. The third-order valence-electron chi connectivity index (χ3n) is 10.7. The van der Waals surface area contributed by atoms with E-state index >= 15 is 0 Å². The molecule has 2 saturated heterocycles. The molecule has 0 spiro atoms. The number of benzene rings is 2. The zero-order valence-electron chi connectivity index (χ0n) is 36.3. The number of hydrogen-bond acceptors (Lipinski definition) is 12. The number of rotatable bonds is 19. The zero-order chi connectivity index (χ0) is 45.7. The van der Waals surface area contributed by atoms with E-state index < -0.39 is 56.2 Å². The van der Waals surface area contributed by atoms with Crippen molar-refractivity contribution in [3.05, 3.63) is 132 Å². The lowest BCUT2D eigenvalue weighted by Gasteiger charge is -2.25. The van der Waals surface area contributed by atoms with Crippen molar-refractivity contribution >= 4 is 59.0 Å². The van der Waals surface area contributed by atoms with Gasteiger partial charge < -0.3 is 31.9 Å². The summed E-state index contributed by atoms with van der Waals surface area (Å²) in [7, 11) is 0. The highest BCUT2D eigenvalue weighted by Crippen LogP contribution is 2.40. The Morgan fingerprint density at radius 1 is 0.547 bits per heavy atom. The Labute approximate surface area is 381 Å². The van der Waals surface area contributed by atoms with E-state index in [2.05, 4.69) is 52.5 Å². The standard InChI is InChI=1S/C46H56N10O6S2/c1-45(2)37(55-43(63-45)35(39(59)51-27-29-15-7-5-8-16-29)53-33(57)25-31-19-11-13-21-47-31)41(61)49-23-24-50-42(62)38-46(3,4)64-44(56-38)36(40(60)52-28-30-17-9-6-10-18-30)54-34(58)26-32-20-12-14-22-48-32/h5-22,35-38,43-44,55-56H,23-28H2,1-4H3,(H,49,61)(H,50,62)(H,51,59)(H,52,60)(H,53,57)(H,54,58)/t35-,36-,37+,38+,43-,44-/m1/s1. The molecular formula is C46H56N10O6S2. The van der Waals surface area contributed by atoms with Gasteiger partial charge >= 0.3 is 0 Å². The molecule has 2 aliphatic heterocycles. The van der Waals surface area contributed by atoms with E-state index in [9.17, 15) is 28.8 Å². The predicted molar refractivity (Wildman–Crippen MR) is 247 cm³/mol. The summed E-state index contributed by atoms with van der Waals surface area (Å²) < 4.78 is -1.38. The number of thioether (sulfide) groups is 2. The van der Waals surface area contributed by atoms with Crippen LogP contribution in [0.2, 0.25) is 0 Å². The lowest BCUT2D eigenvalue weighted by molar-refractivity contribution is -0.129. The minimum atomic E-state index is -1.02. The number of carbonyl (C=O) groups excluding carboxylic acids is 6. The second-order valence-corrected chi connectivity index (χ2v) is 20.1. The van der Waals surface area contributed by atoms with E-state index in [1.54, 1.807) is 48.8 Å². The van der Waals surface area contributed by atoms with Gasteiger partial charge in [0.05, 0.1) is 23.6 Å². The summed E-state index contributed by atoms with van der Waals surface area (Å²) in [6.45, 7) is 8.29. The van der Waals surface area contributed by atoms with Crippen molar-refractivity contribution in [2.45, 2.75) is 98.0 Å². The normalized spacial score (nSPS) is 20.5. The molecule has 338 valence electrons. The minimum absolute atomic E-state index is 0.0273. The van der Waals surface area contributed by atoms with Crippen LogP contribution in [0.15, 0.2) is 109 Å². The monoisotopic (exact) mass is 908 g/mol. The maximum Gasteiger partial charge on any atom is 0.245 e. The highest BCUT2D eigenvalue weighted by molar-refractivity contribution is 8.01. The molecule has 2 fully saturated rings. The molecule has 16 nitrogen and oxygen atoms in total. The van der Waals surface area contributed by atoms with Gasteiger partial charge in [-0.25, -0.2) is 0 Å². The van der Waals surface area contributed by atoms with E-state index in [0.717, 1.165) is 11.1 Å². The fourth-order valence-corrected chi connectivity index (χ4v) is 10.4. The molecule has 6 rings (SSSR count). The summed E-state index contributed by atoms with van der Waals surface area (Å²) in [5, 5.41) is 22.7. The fraction of sp³-hybridized carbons (Fsp3) is 0.391. The van der Waals surface area contributed by atoms with Gasteiger partial charge in [-0.2, -0.15) is 0 Å². The highest BCUT2D eigenvalue weighted by Gasteiger charge is 2.50. The molecule has 6 amide bonds. The quantitative estimate of drug-likeness (QED) is 0.0631. The molecule has 0 bridgehead atoms. The Morgan fingerprint density at radius 3 is 1.28 bits per heavy atom. The Hall–Kier alpha value is -5.82. The Morgan fingerprint density at radius 2 is 0.922 bits per heavy atom. The molecular weight excluding hydrogens is 853 g/mol.